The number of hydrazine groups is 1. The predicted molar refractivity (Wildman–Crippen MR) is 157 cm³/mol. The van der Waals surface area contributed by atoms with Crippen molar-refractivity contribution in [2.24, 2.45) is 11.8 Å². The summed E-state index contributed by atoms with van der Waals surface area (Å²) in [6.07, 6.45) is 7.49. The molecule has 3 fully saturated rings. The average molecular weight is 605 g/mol. The zero-order valence-corrected chi connectivity index (χ0v) is 24.5. The molecule has 0 radical (unpaired) electrons. The first-order valence-corrected chi connectivity index (χ1v) is 15.3. The van der Waals surface area contributed by atoms with Crippen LogP contribution in [0.3, 0.4) is 0 Å². The summed E-state index contributed by atoms with van der Waals surface area (Å²) in [5, 5.41) is 23.6. The Morgan fingerprint density at radius 2 is 2.00 bits per heavy atom. The van der Waals surface area contributed by atoms with Crippen LogP contribution in [-0.2, 0) is 6.54 Å². The van der Waals surface area contributed by atoms with Gasteiger partial charge in [-0.2, -0.15) is 18.9 Å². The van der Waals surface area contributed by atoms with Gasteiger partial charge in [0.25, 0.3) is 5.56 Å². The van der Waals surface area contributed by atoms with Crippen molar-refractivity contribution < 1.29 is 13.9 Å². The van der Waals surface area contributed by atoms with Crippen LogP contribution in [0.5, 0.6) is 0 Å². The average Bonchev–Trinajstić information content (AvgIpc) is 3.58. The van der Waals surface area contributed by atoms with Crippen LogP contribution < -0.4 is 21.6 Å². The lowest BCUT2D eigenvalue weighted by molar-refractivity contribution is -0.0841. The Morgan fingerprint density at radius 3 is 2.79 bits per heavy atom. The largest absolute Gasteiger partial charge is 0.394 e. The number of rotatable bonds is 5. The van der Waals surface area contributed by atoms with Gasteiger partial charge in [-0.15, -0.1) is 0 Å². The van der Waals surface area contributed by atoms with Crippen molar-refractivity contribution in [2.45, 2.75) is 76.3 Å². The highest BCUT2D eigenvalue weighted by Crippen LogP contribution is 2.35. The first kappa shape index (κ1) is 29.6. The van der Waals surface area contributed by atoms with Gasteiger partial charge in [-0.25, -0.2) is 10.4 Å². The molecule has 3 aliphatic rings. The third-order valence-electron chi connectivity index (χ3n) is 9.27. The van der Waals surface area contributed by atoms with E-state index in [0.29, 0.717) is 48.3 Å². The van der Waals surface area contributed by atoms with Gasteiger partial charge >= 0.3 is 6.55 Å². The molecule has 3 saturated heterocycles. The molecule has 1 aromatic carbocycles. The lowest BCUT2D eigenvalue weighted by atomic mass is 9.79. The normalized spacial score (nSPS) is 29.4. The summed E-state index contributed by atoms with van der Waals surface area (Å²) in [4.78, 5) is 18.5. The van der Waals surface area contributed by atoms with E-state index >= 15 is 0 Å². The monoisotopic (exact) mass is 604 g/mol. The van der Waals surface area contributed by atoms with Gasteiger partial charge < -0.3 is 15.7 Å². The third kappa shape index (κ3) is 5.85. The second kappa shape index (κ2) is 12.6. The zero-order valence-electron chi connectivity index (χ0n) is 23.7. The molecule has 3 aromatic rings. The molecule has 4 unspecified atom stereocenters. The van der Waals surface area contributed by atoms with Gasteiger partial charge in [0.1, 0.15) is 0 Å². The maximum Gasteiger partial charge on any atom is 0.307 e. The van der Waals surface area contributed by atoms with E-state index < -0.39 is 6.55 Å². The Bertz CT molecular complexity index is 1450. The minimum Gasteiger partial charge on any atom is -0.394 e. The fraction of sp³-hybridized carbons (Fsp3) is 0.621. The molecular formula is C29H39ClF2N8O2. The molecule has 13 heteroatoms. The smallest absolute Gasteiger partial charge is 0.307 e. The van der Waals surface area contributed by atoms with Crippen molar-refractivity contribution in [3.63, 3.8) is 0 Å². The number of hydrogen-bond donors (Lipinski definition) is 4. The first-order chi connectivity index (χ1) is 20.3. The van der Waals surface area contributed by atoms with Crippen LogP contribution in [0.2, 0.25) is 5.02 Å². The number of aliphatic hydroxyl groups is 1. The van der Waals surface area contributed by atoms with E-state index in [1.54, 1.807) is 40.0 Å². The Kier molecular flexibility index (Phi) is 8.90. The summed E-state index contributed by atoms with van der Waals surface area (Å²) in [6.45, 7) is 1.80. The molecule has 2 bridgehead atoms. The Hall–Kier alpha value is -2.48. The lowest BCUT2D eigenvalue weighted by Crippen LogP contribution is -2.56. The second-order valence-corrected chi connectivity index (χ2v) is 12.4. The number of hydrogen-bond acceptors (Lipinski definition) is 8. The number of aliphatic hydroxyl groups excluding tert-OH is 1. The van der Waals surface area contributed by atoms with Gasteiger partial charge in [0.2, 0.25) is 0 Å². The van der Waals surface area contributed by atoms with E-state index in [2.05, 4.69) is 28.1 Å². The minimum atomic E-state index is -2.58. The lowest BCUT2D eigenvalue weighted by Gasteiger charge is -2.42. The summed E-state index contributed by atoms with van der Waals surface area (Å²) in [7, 11) is 0. The van der Waals surface area contributed by atoms with Crippen molar-refractivity contribution in [1.29, 1.82) is 0 Å². The Morgan fingerprint density at radius 1 is 1.14 bits per heavy atom. The summed E-state index contributed by atoms with van der Waals surface area (Å²) >= 11 is 6.41. The van der Waals surface area contributed by atoms with Crippen molar-refractivity contribution in [2.75, 3.05) is 26.2 Å². The van der Waals surface area contributed by atoms with Gasteiger partial charge in [0.15, 0.2) is 0 Å². The topological polar surface area (TPSA) is 112 Å². The maximum atomic E-state index is 14.1. The maximum absolute atomic E-state index is 14.1. The van der Waals surface area contributed by atoms with E-state index in [1.165, 1.54) is 0 Å². The van der Waals surface area contributed by atoms with Crippen LogP contribution in [0, 0.1) is 11.8 Å². The molecule has 6 atom stereocenters. The van der Waals surface area contributed by atoms with Gasteiger partial charge in [-0.1, -0.05) is 24.9 Å². The SMILES string of the molecule is C[C@@H]1CCC[C@H](n2cnc(-c3cc(Cl)cc4cnn(CCO)c34)cc2=O)C2CC(CCN2)C2C(CNN2C(F)F)NC1. The quantitative estimate of drug-likeness (QED) is 0.329. The van der Waals surface area contributed by atoms with E-state index in [9.17, 15) is 18.7 Å². The van der Waals surface area contributed by atoms with Crippen molar-refractivity contribution in [1.82, 2.24) is 40.4 Å². The molecule has 3 aliphatic heterocycles. The highest BCUT2D eigenvalue weighted by molar-refractivity contribution is 6.31. The number of piperidine rings is 1. The standard InChI is InChI=1S/C29H39ClF2N8O2/c1-17-3-2-4-25(23-10-18(5-6-33-23)28-24(34-13-17)15-37-40(28)29(31)32)38-16-35-22(12-26(38)42)21-11-20(30)9-19-14-36-39(7-8-41)27(19)21/h9,11-12,14,16-18,23-25,28-29,33-34,37,41H,2-8,10,13,15H2,1H3/t17-,18?,23?,24?,25+,28?/m1/s1. The molecule has 10 nitrogen and oxygen atoms in total. The fourth-order valence-electron chi connectivity index (χ4n) is 7.28. The molecule has 0 aliphatic carbocycles. The molecule has 5 heterocycles. The molecule has 0 spiro atoms. The second-order valence-electron chi connectivity index (χ2n) is 12.0. The van der Waals surface area contributed by atoms with Crippen LogP contribution >= 0.6 is 11.6 Å². The molecule has 0 amide bonds. The number of benzene rings is 1. The van der Waals surface area contributed by atoms with E-state index in [1.807, 2.05) is 0 Å². The number of nitrogens with zero attached hydrogens (tertiary/aromatic N) is 5. The number of aromatic nitrogens is 4. The Labute approximate surface area is 248 Å². The van der Waals surface area contributed by atoms with Crippen LogP contribution in [0.15, 0.2) is 35.5 Å². The first-order valence-electron chi connectivity index (χ1n) is 14.9. The molecule has 2 aromatic heterocycles. The molecular weight excluding hydrogens is 566 g/mol. The summed E-state index contributed by atoms with van der Waals surface area (Å²) < 4.78 is 31.5. The van der Waals surface area contributed by atoms with Gasteiger partial charge in [-0.05, 0) is 62.7 Å². The van der Waals surface area contributed by atoms with E-state index in [0.717, 1.165) is 48.1 Å². The van der Waals surface area contributed by atoms with Crippen molar-refractivity contribution in [3.05, 3.63) is 46.1 Å². The van der Waals surface area contributed by atoms with E-state index in [-0.39, 0.29) is 42.3 Å². The van der Waals surface area contributed by atoms with Gasteiger partial charge in [0, 0.05) is 46.7 Å². The highest BCUT2D eigenvalue weighted by Gasteiger charge is 2.45. The van der Waals surface area contributed by atoms with Crippen LogP contribution in [0.1, 0.15) is 45.1 Å². The van der Waals surface area contributed by atoms with Gasteiger partial charge in [0.05, 0.1) is 42.9 Å². The van der Waals surface area contributed by atoms with Crippen LogP contribution in [0.4, 0.5) is 8.78 Å². The predicted octanol–water partition coefficient (Wildman–Crippen LogP) is 3.00. The number of alkyl halides is 2. The molecule has 228 valence electrons. The minimum absolute atomic E-state index is 0.0458. The van der Waals surface area contributed by atoms with Gasteiger partial charge in [-0.3, -0.25) is 14.0 Å². The van der Waals surface area contributed by atoms with Crippen LogP contribution in [0.25, 0.3) is 22.2 Å². The molecule has 4 N–H and O–H groups in total. The molecule has 0 saturated carbocycles. The fourth-order valence-corrected chi connectivity index (χ4v) is 7.51. The van der Waals surface area contributed by atoms with Crippen molar-refractivity contribution in [3.8, 4) is 11.3 Å². The molecule has 42 heavy (non-hydrogen) atoms. The zero-order chi connectivity index (χ0) is 29.4. The number of fused-ring (bicyclic) bond motifs is 5. The van der Waals surface area contributed by atoms with Crippen LogP contribution in [-0.4, -0.2) is 80.4 Å². The van der Waals surface area contributed by atoms with Crippen molar-refractivity contribution >= 4 is 22.5 Å². The highest BCUT2D eigenvalue weighted by atomic mass is 35.5. The van der Waals surface area contributed by atoms with E-state index in [4.69, 9.17) is 16.6 Å². The number of halogens is 3. The molecule has 6 rings (SSSR count). The number of nitrogens with one attached hydrogen (secondary N) is 3. The third-order valence-corrected chi connectivity index (χ3v) is 9.49. The Balaban J connectivity index is 1.34. The summed E-state index contributed by atoms with van der Waals surface area (Å²) in [6, 6.07) is 4.52. The summed E-state index contributed by atoms with van der Waals surface area (Å²) in [5.41, 5.74) is 4.69. The summed E-state index contributed by atoms with van der Waals surface area (Å²) in [5.74, 6) is 0.426.